The van der Waals surface area contributed by atoms with Crippen molar-refractivity contribution < 1.29 is 19.0 Å². The van der Waals surface area contributed by atoms with Crippen LogP contribution in [0.3, 0.4) is 0 Å². The molecule has 0 saturated carbocycles. The third kappa shape index (κ3) is 3.79. The molecule has 2 aliphatic carbocycles. The van der Waals surface area contributed by atoms with Crippen molar-refractivity contribution in [2.24, 2.45) is 0 Å². The van der Waals surface area contributed by atoms with Gasteiger partial charge in [0.05, 0.1) is 5.56 Å². The van der Waals surface area contributed by atoms with E-state index in [1.165, 1.54) is 0 Å². The second kappa shape index (κ2) is 9.27. The minimum Gasteiger partial charge on any atom is -0.441 e. The van der Waals surface area contributed by atoms with Crippen LogP contribution in [0.1, 0.15) is 42.6 Å². The van der Waals surface area contributed by atoms with E-state index in [1.807, 2.05) is 66.3 Å². The second-order valence-corrected chi connectivity index (χ2v) is 9.35. The van der Waals surface area contributed by atoms with Crippen molar-refractivity contribution in [3.8, 4) is 0 Å². The fourth-order valence-corrected chi connectivity index (χ4v) is 5.19. The van der Waals surface area contributed by atoms with Crippen LogP contribution in [0.2, 0.25) is 0 Å². The fraction of sp³-hybridized carbons (Fsp3) is 0.464. The molecular formula is C28H36N2O4. The van der Waals surface area contributed by atoms with Crippen molar-refractivity contribution in [1.29, 1.82) is 0 Å². The van der Waals surface area contributed by atoms with Gasteiger partial charge in [0.1, 0.15) is 11.4 Å². The summed E-state index contributed by atoms with van der Waals surface area (Å²) in [6.45, 7) is 5.21. The summed E-state index contributed by atoms with van der Waals surface area (Å²) in [5, 5.41) is 0. The number of likely N-dealkylation sites (N-methyl/N-ethyl adjacent to an activating group) is 2. The molecule has 6 nitrogen and oxygen atoms in total. The monoisotopic (exact) mass is 464 g/mol. The van der Waals surface area contributed by atoms with E-state index in [4.69, 9.17) is 14.2 Å². The first-order valence-electron chi connectivity index (χ1n) is 12.0. The number of hydrogen-bond donors (Lipinski definition) is 0. The number of carbonyl (C=O) groups is 1. The zero-order valence-corrected chi connectivity index (χ0v) is 21.1. The smallest absolute Gasteiger partial charge is 0.340 e. The largest absolute Gasteiger partial charge is 0.441 e. The Morgan fingerprint density at radius 3 is 1.76 bits per heavy atom. The predicted octanol–water partition coefficient (Wildman–Crippen LogP) is 4.41. The number of carbonyl (C=O) groups excluding carboxylic acids is 1. The normalized spacial score (nSPS) is 30.4. The highest BCUT2D eigenvalue weighted by molar-refractivity contribution is 5.96. The van der Waals surface area contributed by atoms with E-state index < -0.39 is 17.1 Å². The van der Waals surface area contributed by atoms with Crippen molar-refractivity contribution in [3.63, 3.8) is 0 Å². The molecule has 0 aromatic heterocycles. The number of nitrogens with zero attached hydrogens (tertiary/aromatic N) is 2. The van der Waals surface area contributed by atoms with Gasteiger partial charge in [-0.05, 0) is 60.3 Å². The Morgan fingerprint density at radius 1 is 0.853 bits per heavy atom. The highest BCUT2D eigenvalue weighted by Crippen LogP contribution is 2.51. The van der Waals surface area contributed by atoms with Gasteiger partial charge < -0.3 is 14.2 Å². The average molecular weight is 465 g/mol. The van der Waals surface area contributed by atoms with Crippen molar-refractivity contribution in [1.82, 2.24) is 9.80 Å². The van der Waals surface area contributed by atoms with Gasteiger partial charge in [0, 0.05) is 42.8 Å². The molecule has 4 rings (SSSR count). The van der Waals surface area contributed by atoms with E-state index in [2.05, 4.69) is 46.3 Å². The summed E-state index contributed by atoms with van der Waals surface area (Å²) >= 11 is 0. The molecule has 1 aromatic rings. The number of hydrogen-bond acceptors (Lipinski definition) is 6. The first-order valence-corrected chi connectivity index (χ1v) is 12.0. The third-order valence-electron chi connectivity index (χ3n) is 7.16. The molecule has 34 heavy (non-hydrogen) atoms. The maximum absolute atomic E-state index is 13.1. The minimum atomic E-state index is -1.00. The number of ether oxygens (including phenoxy) is 3. The Bertz CT molecular complexity index is 1020. The maximum Gasteiger partial charge on any atom is 0.340 e. The van der Waals surface area contributed by atoms with E-state index in [9.17, 15) is 4.79 Å². The van der Waals surface area contributed by atoms with Crippen LogP contribution in [0.4, 0.5) is 0 Å². The first-order chi connectivity index (χ1) is 16.2. The van der Waals surface area contributed by atoms with E-state index in [-0.39, 0.29) is 5.97 Å². The Balaban J connectivity index is 1.81. The molecule has 0 radical (unpaired) electrons. The molecule has 182 valence electrons. The van der Waals surface area contributed by atoms with Crippen LogP contribution < -0.4 is 0 Å². The summed E-state index contributed by atoms with van der Waals surface area (Å²) in [6.07, 6.45) is 13.9. The van der Waals surface area contributed by atoms with Crippen molar-refractivity contribution in [2.45, 2.75) is 43.7 Å². The van der Waals surface area contributed by atoms with E-state index in [0.717, 1.165) is 16.7 Å². The van der Waals surface area contributed by atoms with Crippen molar-refractivity contribution >= 4 is 5.97 Å². The molecule has 2 atom stereocenters. The van der Waals surface area contributed by atoms with Crippen LogP contribution in [0.25, 0.3) is 0 Å². The molecule has 6 heteroatoms. The average Bonchev–Trinajstić information content (AvgIpc) is 3.13. The van der Waals surface area contributed by atoms with Gasteiger partial charge >= 0.3 is 5.97 Å². The van der Waals surface area contributed by atoms with Gasteiger partial charge in [-0.1, -0.05) is 42.5 Å². The minimum absolute atomic E-state index is 0.303. The molecule has 0 amide bonds. The number of rotatable bonds is 8. The number of cyclic esters (lactones) is 1. The van der Waals surface area contributed by atoms with E-state index in [0.29, 0.717) is 31.6 Å². The van der Waals surface area contributed by atoms with E-state index in [1.54, 1.807) is 0 Å². The Hall–Kier alpha value is -2.51. The van der Waals surface area contributed by atoms with Crippen LogP contribution in [-0.4, -0.2) is 68.6 Å². The summed E-state index contributed by atoms with van der Waals surface area (Å²) in [5.41, 5.74) is 1.31. The summed E-state index contributed by atoms with van der Waals surface area (Å²) in [5.74, 6) is -0.303. The van der Waals surface area contributed by atoms with Crippen molar-refractivity contribution in [3.05, 3.63) is 83.0 Å². The summed E-state index contributed by atoms with van der Waals surface area (Å²) in [7, 11) is 8.06. The van der Waals surface area contributed by atoms with Crippen LogP contribution in [0, 0.1) is 0 Å². The lowest BCUT2D eigenvalue weighted by molar-refractivity contribution is -0.0959. The molecule has 1 heterocycles. The lowest BCUT2D eigenvalue weighted by Crippen LogP contribution is -2.47. The molecule has 1 aliphatic heterocycles. The van der Waals surface area contributed by atoms with Gasteiger partial charge in [0.2, 0.25) is 0 Å². The molecule has 0 saturated heterocycles. The SMILES string of the molecule is CCOC1(N(C)C)C=CC(C2(C3=CCC(OCC)(N(C)C)C=C3)OC(=O)c3ccccc32)=CC1. The van der Waals surface area contributed by atoms with Crippen molar-refractivity contribution in [2.75, 3.05) is 41.4 Å². The standard InChI is InChI=1S/C28H36N2O4/c1-7-32-26(29(3)4)17-13-21(14-18-26)28(24-12-10-9-11-23(24)25(31)34-28)22-15-19-27(20-16-22,30(5)6)33-8-2/h9-17,19H,7-8,18,20H2,1-6H3. The second-order valence-electron chi connectivity index (χ2n) is 9.35. The fourth-order valence-electron chi connectivity index (χ4n) is 5.19. The predicted molar refractivity (Wildman–Crippen MR) is 133 cm³/mol. The van der Waals surface area contributed by atoms with Gasteiger partial charge in [0.15, 0.2) is 5.60 Å². The number of benzene rings is 1. The quantitative estimate of drug-likeness (QED) is 0.420. The van der Waals surface area contributed by atoms with Gasteiger partial charge in [-0.25, -0.2) is 4.79 Å². The molecule has 2 unspecified atom stereocenters. The summed E-state index contributed by atoms with van der Waals surface area (Å²) < 4.78 is 18.5. The Morgan fingerprint density at radius 2 is 1.35 bits per heavy atom. The molecule has 1 aromatic carbocycles. The highest BCUT2D eigenvalue weighted by atomic mass is 16.6. The first kappa shape index (κ1) is 24.6. The number of fused-ring (bicyclic) bond motifs is 1. The summed E-state index contributed by atoms with van der Waals surface area (Å²) in [6, 6.07) is 7.68. The highest BCUT2D eigenvalue weighted by Gasteiger charge is 2.52. The van der Waals surface area contributed by atoms with E-state index >= 15 is 0 Å². The molecule has 0 fully saturated rings. The third-order valence-corrected chi connectivity index (χ3v) is 7.16. The topological polar surface area (TPSA) is 51.2 Å². The lowest BCUT2D eigenvalue weighted by Gasteiger charge is -2.42. The van der Waals surface area contributed by atoms with Crippen LogP contribution in [-0.2, 0) is 19.8 Å². The van der Waals surface area contributed by atoms with Gasteiger partial charge in [-0.2, -0.15) is 0 Å². The molecule has 3 aliphatic rings. The molecule has 0 bridgehead atoms. The molecule has 0 N–H and O–H groups in total. The zero-order valence-electron chi connectivity index (χ0n) is 21.1. The van der Waals surface area contributed by atoms with Crippen LogP contribution in [0.15, 0.2) is 71.9 Å². The molecule has 0 spiro atoms. The Labute approximate surface area is 203 Å². The maximum atomic E-state index is 13.1. The van der Waals surface area contributed by atoms with Gasteiger partial charge in [-0.3, -0.25) is 9.80 Å². The van der Waals surface area contributed by atoms with Crippen LogP contribution >= 0.6 is 0 Å². The van der Waals surface area contributed by atoms with Gasteiger partial charge in [-0.15, -0.1) is 0 Å². The zero-order chi connectivity index (χ0) is 24.6. The summed E-state index contributed by atoms with van der Waals surface area (Å²) in [4.78, 5) is 17.2. The Kier molecular flexibility index (Phi) is 6.71. The number of esters is 1. The molecular weight excluding hydrogens is 428 g/mol. The van der Waals surface area contributed by atoms with Crippen LogP contribution in [0.5, 0.6) is 0 Å². The lowest BCUT2D eigenvalue weighted by atomic mass is 9.74. The van der Waals surface area contributed by atoms with Gasteiger partial charge in [0.25, 0.3) is 0 Å².